The predicted octanol–water partition coefficient (Wildman–Crippen LogP) is 2.46. The Bertz CT molecular complexity index is 808. The molecule has 2 aromatic rings. The molecule has 4 rings (SSSR count). The van der Waals surface area contributed by atoms with Crippen LogP contribution in [0.1, 0.15) is 34.5 Å². The lowest BCUT2D eigenvalue weighted by Gasteiger charge is -2.24. The topological polar surface area (TPSA) is 58.6 Å². The van der Waals surface area contributed by atoms with E-state index in [1.807, 2.05) is 30.0 Å². The third-order valence-corrected chi connectivity index (χ3v) is 5.09. The summed E-state index contributed by atoms with van der Waals surface area (Å²) < 4.78 is 5.65. The van der Waals surface area contributed by atoms with E-state index in [0.29, 0.717) is 6.54 Å². The van der Waals surface area contributed by atoms with Crippen molar-refractivity contribution in [3.05, 3.63) is 47.4 Å². The Balaban J connectivity index is 1.47. The van der Waals surface area contributed by atoms with E-state index in [4.69, 9.17) is 4.74 Å². The number of anilines is 1. The summed E-state index contributed by atoms with van der Waals surface area (Å²) in [5.74, 6) is 1.96. The number of fused-ring (bicyclic) bond motifs is 1. The van der Waals surface area contributed by atoms with Gasteiger partial charge >= 0.3 is 0 Å². The van der Waals surface area contributed by atoms with Gasteiger partial charge in [-0.05, 0) is 49.9 Å². The third-order valence-electron chi connectivity index (χ3n) is 5.09. The Labute approximate surface area is 153 Å². The van der Waals surface area contributed by atoms with Crippen molar-refractivity contribution < 1.29 is 9.53 Å². The zero-order chi connectivity index (χ0) is 17.9. The standard InChI is InChI=1S/C20H24N4O2/c1-15-19(22-8-7-21-15)23-9-3-10-24(12-11-23)20(25)17-5-6-18-16(14-17)4-2-13-26-18/h5-8,14H,2-4,9-13H2,1H3. The molecule has 2 aliphatic rings. The van der Waals surface area contributed by atoms with E-state index in [0.717, 1.165) is 73.9 Å². The van der Waals surface area contributed by atoms with Crippen LogP contribution in [0.5, 0.6) is 5.75 Å². The maximum Gasteiger partial charge on any atom is 0.253 e. The molecule has 0 unspecified atom stereocenters. The molecule has 0 saturated carbocycles. The van der Waals surface area contributed by atoms with E-state index in [-0.39, 0.29) is 5.91 Å². The molecule has 0 N–H and O–H groups in total. The van der Waals surface area contributed by atoms with Crippen LogP contribution in [0.3, 0.4) is 0 Å². The van der Waals surface area contributed by atoms with Crippen molar-refractivity contribution in [2.45, 2.75) is 26.2 Å². The number of hydrogen-bond acceptors (Lipinski definition) is 5. The van der Waals surface area contributed by atoms with Crippen molar-refractivity contribution in [1.82, 2.24) is 14.9 Å². The Morgan fingerprint density at radius 1 is 1.08 bits per heavy atom. The van der Waals surface area contributed by atoms with Gasteiger partial charge in [-0.2, -0.15) is 0 Å². The SMILES string of the molecule is Cc1nccnc1N1CCCN(C(=O)c2ccc3c(c2)CCCO3)CC1. The van der Waals surface area contributed by atoms with E-state index >= 15 is 0 Å². The molecule has 136 valence electrons. The summed E-state index contributed by atoms with van der Waals surface area (Å²) >= 11 is 0. The molecule has 0 aliphatic carbocycles. The van der Waals surface area contributed by atoms with Crippen LogP contribution >= 0.6 is 0 Å². The van der Waals surface area contributed by atoms with E-state index in [2.05, 4.69) is 14.9 Å². The largest absolute Gasteiger partial charge is 0.493 e. The molecule has 1 aromatic heterocycles. The van der Waals surface area contributed by atoms with Crippen LogP contribution < -0.4 is 9.64 Å². The molecule has 2 aliphatic heterocycles. The highest BCUT2D eigenvalue weighted by molar-refractivity contribution is 5.94. The zero-order valence-electron chi connectivity index (χ0n) is 15.1. The molecule has 26 heavy (non-hydrogen) atoms. The molecule has 0 bridgehead atoms. The molecule has 1 saturated heterocycles. The predicted molar refractivity (Wildman–Crippen MR) is 99.8 cm³/mol. The summed E-state index contributed by atoms with van der Waals surface area (Å²) in [5.41, 5.74) is 2.84. The van der Waals surface area contributed by atoms with Gasteiger partial charge in [0.1, 0.15) is 11.6 Å². The number of ether oxygens (including phenoxy) is 1. The second-order valence-electron chi connectivity index (χ2n) is 6.87. The average Bonchev–Trinajstić information content (AvgIpc) is 2.93. The van der Waals surface area contributed by atoms with Gasteiger partial charge in [-0.15, -0.1) is 0 Å². The maximum atomic E-state index is 13.0. The average molecular weight is 352 g/mol. The summed E-state index contributed by atoms with van der Waals surface area (Å²) in [6.45, 7) is 5.88. The minimum atomic E-state index is 0.107. The molecule has 0 radical (unpaired) electrons. The highest BCUT2D eigenvalue weighted by Crippen LogP contribution is 2.26. The number of benzene rings is 1. The summed E-state index contributed by atoms with van der Waals surface area (Å²) in [6, 6.07) is 5.84. The van der Waals surface area contributed by atoms with E-state index < -0.39 is 0 Å². The molecule has 1 aromatic carbocycles. The second-order valence-corrected chi connectivity index (χ2v) is 6.87. The second kappa shape index (κ2) is 7.32. The normalized spacial score (nSPS) is 17.3. The summed E-state index contributed by atoms with van der Waals surface area (Å²) in [7, 11) is 0. The lowest BCUT2D eigenvalue weighted by molar-refractivity contribution is 0.0767. The van der Waals surface area contributed by atoms with Gasteiger partial charge in [-0.3, -0.25) is 9.78 Å². The van der Waals surface area contributed by atoms with E-state index in [9.17, 15) is 4.79 Å². The number of aromatic nitrogens is 2. The van der Waals surface area contributed by atoms with Crippen LogP contribution in [0, 0.1) is 6.92 Å². The first-order valence-electron chi connectivity index (χ1n) is 9.30. The Kier molecular flexibility index (Phi) is 4.73. The van der Waals surface area contributed by atoms with E-state index in [1.54, 1.807) is 12.4 Å². The van der Waals surface area contributed by atoms with Crippen LogP contribution in [0.4, 0.5) is 5.82 Å². The Morgan fingerprint density at radius 3 is 2.85 bits per heavy atom. The summed E-state index contributed by atoms with van der Waals surface area (Å²) in [5, 5.41) is 0. The zero-order valence-corrected chi connectivity index (χ0v) is 15.1. The van der Waals surface area contributed by atoms with Gasteiger partial charge < -0.3 is 14.5 Å². The molecule has 1 fully saturated rings. The van der Waals surface area contributed by atoms with Crippen LogP contribution in [0.25, 0.3) is 0 Å². The molecule has 1 amide bonds. The molecular weight excluding hydrogens is 328 g/mol. The first-order valence-corrected chi connectivity index (χ1v) is 9.30. The maximum absolute atomic E-state index is 13.0. The fourth-order valence-electron chi connectivity index (χ4n) is 3.72. The highest BCUT2D eigenvalue weighted by atomic mass is 16.5. The number of amides is 1. The lowest BCUT2D eigenvalue weighted by Crippen LogP contribution is -2.35. The number of carbonyl (C=O) groups excluding carboxylic acids is 1. The minimum Gasteiger partial charge on any atom is -0.493 e. The molecule has 6 heteroatoms. The summed E-state index contributed by atoms with van der Waals surface area (Å²) in [4.78, 5) is 26.0. The van der Waals surface area contributed by atoms with Crippen LogP contribution in [-0.2, 0) is 6.42 Å². The number of nitrogens with zero attached hydrogens (tertiary/aromatic N) is 4. The van der Waals surface area contributed by atoms with Crippen molar-refractivity contribution in [1.29, 1.82) is 0 Å². The molecule has 3 heterocycles. The van der Waals surface area contributed by atoms with Gasteiger partial charge in [0.2, 0.25) is 0 Å². The number of hydrogen-bond donors (Lipinski definition) is 0. The number of aryl methyl sites for hydroxylation is 2. The van der Waals surface area contributed by atoms with Crippen LogP contribution in [0.15, 0.2) is 30.6 Å². The molecular formula is C20H24N4O2. The Morgan fingerprint density at radius 2 is 1.96 bits per heavy atom. The van der Waals surface area contributed by atoms with Crippen molar-refractivity contribution in [2.24, 2.45) is 0 Å². The monoisotopic (exact) mass is 352 g/mol. The first kappa shape index (κ1) is 16.8. The summed E-state index contributed by atoms with van der Waals surface area (Å²) in [6.07, 6.45) is 6.37. The van der Waals surface area contributed by atoms with Gasteiger partial charge in [-0.1, -0.05) is 0 Å². The molecule has 0 atom stereocenters. The quantitative estimate of drug-likeness (QED) is 0.831. The van der Waals surface area contributed by atoms with Crippen molar-refractivity contribution in [2.75, 3.05) is 37.7 Å². The third kappa shape index (κ3) is 3.36. The van der Waals surface area contributed by atoms with Gasteiger partial charge in [0.15, 0.2) is 0 Å². The van der Waals surface area contributed by atoms with Gasteiger partial charge in [-0.25, -0.2) is 4.98 Å². The van der Waals surface area contributed by atoms with Crippen LogP contribution in [-0.4, -0.2) is 53.6 Å². The van der Waals surface area contributed by atoms with Crippen LogP contribution in [0.2, 0.25) is 0 Å². The van der Waals surface area contributed by atoms with Gasteiger partial charge in [0.05, 0.1) is 12.3 Å². The fraction of sp³-hybridized carbons (Fsp3) is 0.450. The number of carbonyl (C=O) groups is 1. The first-order chi connectivity index (χ1) is 12.7. The minimum absolute atomic E-state index is 0.107. The highest BCUT2D eigenvalue weighted by Gasteiger charge is 2.23. The van der Waals surface area contributed by atoms with Crippen molar-refractivity contribution in [3.8, 4) is 5.75 Å². The lowest BCUT2D eigenvalue weighted by atomic mass is 10.0. The van der Waals surface area contributed by atoms with E-state index in [1.165, 1.54) is 0 Å². The molecule has 6 nitrogen and oxygen atoms in total. The smallest absolute Gasteiger partial charge is 0.253 e. The van der Waals surface area contributed by atoms with Crippen molar-refractivity contribution in [3.63, 3.8) is 0 Å². The van der Waals surface area contributed by atoms with Gasteiger partial charge in [0.25, 0.3) is 5.91 Å². The molecule has 0 spiro atoms. The fourth-order valence-corrected chi connectivity index (χ4v) is 3.72. The van der Waals surface area contributed by atoms with Crippen molar-refractivity contribution >= 4 is 11.7 Å². The number of rotatable bonds is 2. The van der Waals surface area contributed by atoms with Gasteiger partial charge in [0, 0.05) is 44.1 Å². The Hall–Kier alpha value is -2.63.